The van der Waals surface area contributed by atoms with Gasteiger partial charge in [0.2, 0.25) is 0 Å². The second kappa shape index (κ2) is 4.11. The molecule has 3 N–H and O–H groups in total. The predicted molar refractivity (Wildman–Crippen MR) is 66.8 cm³/mol. The van der Waals surface area contributed by atoms with Crippen LogP contribution < -0.4 is 5.46 Å². The molecule has 2 rings (SSSR count). The van der Waals surface area contributed by atoms with Gasteiger partial charge in [0.1, 0.15) is 0 Å². The molecule has 0 aliphatic rings. The summed E-state index contributed by atoms with van der Waals surface area (Å²) in [5.74, 6) is 0. The van der Waals surface area contributed by atoms with Crippen molar-refractivity contribution in [2.75, 3.05) is 0 Å². The third-order valence-electron chi connectivity index (χ3n) is 2.71. The average Bonchev–Trinajstić information content (AvgIpc) is 2.26. The molecule has 0 aliphatic heterocycles. The summed E-state index contributed by atoms with van der Waals surface area (Å²) in [6.07, 6.45) is 1.62. The van der Waals surface area contributed by atoms with E-state index in [2.05, 4.69) is 4.98 Å². The molecule has 1 aromatic heterocycles. The van der Waals surface area contributed by atoms with Gasteiger partial charge in [0.05, 0.1) is 11.1 Å². The molecule has 0 unspecified atom stereocenters. The van der Waals surface area contributed by atoms with Crippen LogP contribution in [-0.4, -0.2) is 27.3 Å². The van der Waals surface area contributed by atoms with Crippen LogP contribution in [0.2, 0.25) is 0 Å². The minimum atomic E-state index is -1.50. The molecule has 1 aromatic carbocycles. The van der Waals surface area contributed by atoms with Crippen LogP contribution >= 0.6 is 0 Å². The molecule has 0 atom stereocenters. The van der Waals surface area contributed by atoms with Crippen molar-refractivity contribution in [1.29, 1.82) is 0 Å². The van der Waals surface area contributed by atoms with E-state index in [0.717, 1.165) is 10.9 Å². The average molecular weight is 231 g/mol. The quantitative estimate of drug-likeness (QED) is 0.643. The molecule has 0 spiro atoms. The molecule has 17 heavy (non-hydrogen) atoms. The number of pyridine rings is 1. The van der Waals surface area contributed by atoms with E-state index in [9.17, 15) is 5.11 Å². The standard InChI is InChI=1S/C12H14BNO3/c1-12(2,15)9-5-8-6-10(13(16)17)3-4-11(8)14-7-9/h3-7,15-17H,1-2H3. The zero-order chi connectivity index (χ0) is 12.6. The fourth-order valence-corrected chi connectivity index (χ4v) is 1.65. The van der Waals surface area contributed by atoms with E-state index in [0.29, 0.717) is 11.0 Å². The van der Waals surface area contributed by atoms with Gasteiger partial charge in [-0.15, -0.1) is 0 Å². The number of benzene rings is 1. The molecule has 0 aliphatic carbocycles. The summed E-state index contributed by atoms with van der Waals surface area (Å²) in [6.45, 7) is 3.36. The smallest absolute Gasteiger partial charge is 0.423 e. The van der Waals surface area contributed by atoms with E-state index < -0.39 is 12.7 Å². The van der Waals surface area contributed by atoms with Crippen molar-refractivity contribution in [2.45, 2.75) is 19.4 Å². The van der Waals surface area contributed by atoms with Gasteiger partial charge in [-0.1, -0.05) is 12.1 Å². The van der Waals surface area contributed by atoms with Crippen molar-refractivity contribution in [1.82, 2.24) is 4.98 Å². The summed E-state index contributed by atoms with van der Waals surface area (Å²) in [6, 6.07) is 6.79. The zero-order valence-corrected chi connectivity index (χ0v) is 9.75. The number of hydrogen-bond acceptors (Lipinski definition) is 4. The summed E-state index contributed by atoms with van der Waals surface area (Å²) in [4.78, 5) is 4.22. The van der Waals surface area contributed by atoms with Gasteiger partial charge in [0.15, 0.2) is 0 Å². The van der Waals surface area contributed by atoms with E-state index in [4.69, 9.17) is 10.0 Å². The first-order chi connectivity index (χ1) is 7.88. The van der Waals surface area contributed by atoms with Crippen molar-refractivity contribution in [2.24, 2.45) is 0 Å². The van der Waals surface area contributed by atoms with Crippen LogP contribution in [0.5, 0.6) is 0 Å². The van der Waals surface area contributed by atoms with Gasteiger partial charge in [-0.25, -0.2) is 0 Å². The summed E-state index contributed by atoms with van der Waals surface area (Å²) in [5.41, 5.74) is 0.888. The monoisotopic (exact) mass is 231 g/mol. The Labute approximate surface area is 99.7 Å². The van der Waals surface area contributed by atoms with E-state index in [1.54, 1.807) is 44.3 Å². The van der Waals surface area contributed by atoms with Crippen LogP contribution in [0.1, 0.15) is 19.4 Å². The number of aliphatic hydroxyl groups is 1. The van der Waals surface area contributed by atoms with Crippen LogP contribution in [0.15, 0.2) is 30.5 Å². The Hall–Kier alpha value is -1.43. The van der Waals surface area contributed by atoms with E-state index in [1.807, 2.05) is 0 Å². The Balaban J connectivity index is 2.59. The minimum Gasteiger partial charge on any atom is -0.423 e. The predicted octanol–water partition coefficient (Wildman–Crippen LogP) is 0.142. The molecule has 4 nitrogen and oxygen atoms in total. The van der Waals surface area contributed by atoms with E-state index in [-0.39, 0.29) is 0 Å². The molecule has 2 aromatic rings. The maximum absolute atomic E-state index is 9.89. The van der Waals surface area contributed by atoms with Crippen LogP contribution in [0.3, 0.4) is 0 Å². The highest BCUT2D eigenvalue weighted by Gasteiger charge is 2.17. The van der Waals surface area contributed by atoms with E-state index in [1.165, 1.54) is 0 Å². The van der Waals surface area contributed by atoms with Crippen LogP contribution in [0, 0.1) is 0 Å². The Bertz CT molecular complexity index is 549. The first kappa shape index (κ1) is 12.0. The van der Waals surface area contributed by atoms with Crippen molar-refractivity contribution in [3.63, 3.8) is 0 Å². The Morgan fingerprint density at radius 1 is 1.18 bits per heavy atom. The number of hydrogen-bond donors (Lipinski definition) is 3. The maximum Gasteiger partial charge on any atom is 0.488 e. The molecule has 0 saturated carbocycles. The summed E-state index contributed by atoms with van der Waals surface area (Å²) < 4.78 is 0. The van der Waals surface area contributed by atoms with Crippen molar-refractivity contribution >= 4 is 23.5 Å². The van der Waals surface area contributed by atoms with Crippen LogP contribution in [-0.2, 0) is 5.60 Å². The SMILES string of the molecule is CC(C)(O)c1cnc2ccc(B(O)O)cc2c1. The third-order valence-corrected chi connectivity index (χ3v) is 2.71. The highest BCUT2D eigenvalue weighted by atomic mass is 16.4. The van der Waals surface area contributed by atoms with Gasteiger partial charge >= 0.3 is 7.12 Å². The van der Waals surface area contributed by atoms with Gasteiger partial charge in [-0.05, 0) is 31.4 Å². The fraction of sp³-hybridized carbons (Fsp3) is 0.250. The maximum atomic E-state index is 9.89. The molecule has 88 valence electrons. The Morgan fingerprint density at radius 3 is 2.47 bits per heavy atom. The number of fused-ring (bicyclic) bond motifs is 1. The summed E-state index contributed by atoms with van der Waals surface area (Å²) in [5, 5.41) is 28.9. The lowest BCUT2D eigenvalue weighted by Crippen LogP contribution is -2.29. The van der Waals surface area contributed by atoms with Gasteiger partial charge in [-0.3, -0.25) is 4.98 Å². The second-order valence-electron chi connectivity index (χ2n) is 4.61. The van der Waals surface area contributed by atoms with Crippen LogP contribution in [0.25, 0.3) is 10.9 Å². The molecule has 1 heterocycles. The van der Waals surface area contributed by atoms with Crippen molar-refractivity contribution in [3.8, 4) is 0 Å². The van der Waals surface area contributed by atoms with Gasteiger partial charge < -0.3 is 15.2 Å². The first-order valence-corrected chi connectivity index (χ1v) is 5.36. The molecule has 0 amide bonds. The van der Waals surface area contributed by atoms with Crippen molar-refractivity contribution in [3.05, 3.63) is 36.0 Å². The molecule has 0 bridgehead atoms. The first-order valence-electron chi connectivity index (χ1n) is 5.36. The van der Waals surface area contributed by atoms with Crippen LogP contribution in [0.4, 0.5) is 0 Å². The molecular weight excluding hydrogens is 217 g/mol. The Kier molecular flexibility index (Phi) is 2.91. The normalized spacial score (nSPS) is 11.8. The number of nitrogens with zero attached hydrogens (tertiary/aromatic N) is 1. The van der Waals surface area contributed by atoms with Crippen molar-refractivity contribution < 1.29 is 15.2 Å². The molecule has 0 fully saturated rings. The lowest BCUT2D eigenvalue weighted by Gasteiger charge is -2.17. The van der Waals surface area contributed by atoms with Gasteiger partial charge in [0.25, 0.3) is 0 Å². The van der Waals surface area contributed by atoms with Gasteiger partial charge in [-0.2, -0.15) is 0 Å². The molecular formula is C12H14BNO3. The Morgan fingerprint density at radius 2 is 1.88 bits per heavy atom. The van der Waals surface area contributed by atoms with Gasteiger partial charge in [0, 0.05) is 17.1 Å². The topological polar surface area (TPSA) is 73.6 Å². The highest BCUT2D eigenvalue weighted by Crippen LogP contribution is 2.22. The molecule has 0 saturated heterocycles. The number of aromatic nitrogens is 1. The minimum absolute atomic E-state index is 0.409. The lowest BCUT2D eigenvalue weighted by molar-refractivity contribution is 0.0784. The number of rotatable bonds is 2. The summed E-state index contributed by atoms with van der Waals surface area (Å²) in [7, 11) is -1.50. The molecule has 5 heteroatoms. The largest absolute Gasteiger partial charge is 0.488 e. The highest BCUT2D eigenvalue weighted by molar-refractivity contribution is 6.58. The lowest BCUT2D eigenvalue weighted by atomic mass is 9.79. The fourth-order valence-electron chi connectivity index (χ4n) is 1.65. The second-order valence-corrected chi connectivity index (χ2v) is 4.61. The van der Waals surface area contributed by atoms with E-state index >= 15 is 0 Å². The molecule has 0 radical (unpaired) electrons. The third kappa shape index (κ3) is 2.47. The zero-order valence-electron chi connectivity index (χ0n) is 9.75. The summed E-state index contributed by atoms with van der Waals surface area (Å²) >= 11 is 0.